The van der Waals surface area contributed by atoms with Crippen molar-refractivity contribution >= 4 is 57.0 Å². The quantitative estimate of drug-likeness (QED) is 0.286. The van der Waals surface area contributed by atoms with Crippen LogP contribution in [0, 0.1) is 11.8 Å². The van der Waals surface area contributed by atoms with E-state index in [0.717, 1.165) is 0 Å². The topological polar surface area (TPSA) is 59.1 Å². The van der Waals surface area contributed by atoms with Gasteiger partial charge in [-0.2, -0.15) is 0 Å². The molecule has 0 unspecified atom stereocenters. The second kappa shape index (κ2) is 8.61. The Morgan fingerprint density at radius 3 is 1.52 bits per heavy atom. The highest BCUT2D eigenvalue weighted by atomic mass is 127. The van der Waals surface area contributed by atoms with E-state index in [4.69, 9.17) is 9.47 Å². The molecule has 0 radical (unpaired) electrons. The van der Waals surface area contributed by atoms with E-state index in [1.54, 1.807) is 0 Å². The lowest BCUT2D eigenvalue weighted by Gasteiger charge is -2.56. The Balaban J connectivity index is 2.28. The first-order chi connectivity index (χ1) is 11.0. The lowest BCUT2D eigenvalue weighted by Crippen LogP contribution is -2.70. The van der Waals surface area contributed by atoms with Gasteiger partial charge in [-0.25, -0.2) is 0 Å². The minimum absolute atomic E-state index is 0.00583. The number of nitrogens with zero attached hydrogens (tertiary/aromatic N) is 2. The summed E-state index contributed by atoms with van der Waals surface area (Å²) in [5.74, 6) is -0.387. The third-order valence-corrected chi connectivity index (χ3v) is 5.88. The van der Waals surface area contributed by atoms with Gasteiger partial charge >= 0.3 is 0 Å². The van der Waals surface area contributed by atoms with Crippen LogP contribution in [0.5, 0.6) is 0 Å². The number of piperidine rings is 2. The molecule has 8 heteroatoms. The minimum atomic E-state index is -0.673. The van der Waals surface area contributed by atoms with Crippen LogP contribution in [-0.2, 0) is 19.1 Å². The Labute approximate surface area is 164 Å². The van der Waals surface area contributed by atoms with Crippen LogP contribution in [0.25, 0.3) is 0 Å². The van der Waals surface area contributed by atoms with Crippen LogP contribution in [-0.4, -0.2) is 75.6 Å². The number of amides is 2. The Bertz CT molecular complexity index is 397. The van der Waals surface area contributed by atoms with Gasteiger partial charge in [0, 0.05) is 51.2 Å². The molecule has 2 aliphatic heterocycles. The van der Waals surface area contributed by atoms with Crippen molar-refractivity contribution in [2.45, 2.75) is 19.6 Å². The average molecular weight is 550 g/mol. The molecule has 0 aromatic carbocycles. The summed E-state index contributed by atoms with van der Waals surface area (Å²) in [7, 11) is 0. The zero-order valence-electron chi connectivity index (χ0n) is 13.6. The van der Waals surface area contributed by atoms with Crippen molar-refractivity contribution in [2.24, 2.45) is 11.8 Å². The Morgan fingerprint density at radius 2 is 1.26 bits per heavy atom. The first kappa shape index (κ1) is 19.6. The summed E-state index contributed by atoms with van der Waals surface area (Å²) in [5.41, 5.74) is 0. The van der Waals surface area contributed by atoms with Gasteiger partial charge in [0.25, 0.3) is 0 Å². The predicted octanol–water partition coefficient (Wildman–Crippen LogP) is 1.54. The number of carbonyl (C=O) groups excluding carboxylic acids is 2. The second-order valence-corrected chi connectivity index (χ2v) is 7.37. The van der Waals surface area contributed by atoms with E-state index in [-0.39, 0.29) is 23.7 Å². The monoisotopic (exact) mass is 550 g/mol. The summed E-state index contributed by atoms with van der Waals surface area (Å²) in [6.45, 7) is 7.40. The predicted molar refractivity (Wildman–Crippen MR) is 104 cm³/mol. The van der Waals surface area contributed by atoms with Gasteiger partial charge in [0.1, 0.15) is 0 Å². The first-order valence-corrected chi connectivity index (χ1v) is 11.0. The minimum Gasteiger partial charge on any atom is -0.349 e. The van der Waals surface area contributed by atoms with Crippen molar-refractivity contribution in [3.8, 4) is 0 Å². The van der Waals surface area contributed by atoms with E-state index in [1.165, 1.54) is 0 Å². The highest BCUT2D eigenvalue weighted by Gasteiger charge is 2.56. The van der Waals surface area contributed by atoms with Gasteiger partial charge in [-0.05, 0) is 13.8 Å². The van der Waals surface area contributed by atoms with E-state index in [0.29, 0.717) is 48.2 Å². The highest BCUT2D eigenvalue weighted by Crippen LogP contribution is 2.42. The van der Waals surface area contributed by atoms with Gasteiger partial charge in [-0.15, -0.1) is 0 Å². The summed E-state index contributed by atoms with van der Waals surface area (Å²) in [6.07, 6.45) is 0. The SMILES string of the molecule is CCOC1(OCC)C2CN(C(=O)CI)CC1CN(C(=O)CI)C2. The van der Waals surface area contributed by atoms with Gasteiger partial charge in [-0.3, -0.25) is 9.59 Å². The molecule has 6 nitrogen and oxygen atoms in total. The van der Waals surface area contributed by atoms with Crippen molar-refractivity contribution in [1.82, 2.24) is 9.80 Å². The van der Waals surface area contributed by atoms with E-state index in [2.05, 4.69) is 45.2 Å². The number of ether oxygens (including phenoxy) is 2. The second-order valence-electron chi connectivity index (χ2n) is 5.85. The van der Waals surface area contributed by atoms with Crippen molar-refractivity contribution in [2.75, 3.05) is 48.2 Å². The van der Waals surface area contributed by atoms with Crippen LogP contribution in [0.2, 0.25) is 0 Å². The van der Waals surface area contributed by atoms with E-state index in [1.807, 2.05) is 23.6 Å². The summed E-state index contributed by atoms with van der Waals surface area (Å²) < 4.78 is 13.2. The third kappa shape index (κ3) is 3.95. The zero-order chi connectivity index (χ0) is 17.0. The van der Waals surface area contributed by atoms with Gasteiger partial charge in [-0.1, -0.05) is 45.2 Å². The molecule has 0 aliphatic carbocycles. The summed E-state index contributed by atoms with van der Waals surface area (Å²) in [5, 5.41) is 0. The molecule has 0 atom stereocenters. The Hall–Kier alpha value is 0.320. The molecule has 2 heterocycles. The molecule has 0 N–H and O–H groups in total. The van der Waals surface area contributed by atoms with Crippen LogP contribution in [0.4, 0.5) is 0 Å². The molecule has 2 saturated heterocycles. The maximum Gasteiger partial charge on any atom is 0.232 e. The fraction of sp³-hybridized carbons (Fsp3) is 0.867. The summed E-state index contributed by atoms with van der Waals surface area (Å²) in [6, 6.07) is 0. The standard InChI is InChI=1S/C15H24I2N2O4/c1-3-22-15(23-4-2)11-7-18(13(20)5-16)8-12(15)10-19(9-11)14(21)6-17/h11-12H,3-10H2,1-2H3. The molecule has 23 heavy (non-hydrogen) atoms. The summed E-state index contributed by atoms with van der Waals surface area (Å²) >= 11 is 4.21. The van der Waals surface area contributed by atoms with E-state index in [9.17, 15) is 9.59 Å². The number of alkyl halides is 2. The largest absolute Gasteiger partial charge is 0.349 e. The number of hydrogen-bond donors (Lipinski definition) is 0. The van der Waals surface area contributed by atoms with Crippen molar-refractivity contribution in [1.29, 1.82) is 0 Å². The smallest absolute Gasteiger partial charge is 0.232 e. The highest BCUT2D eigenvalue weighted by molar-refractivity contribution is 14.1. The van der Waals surface area contributed by atoms with Gasteiger partial charge in [0.2, 0.25) is 11.8 Å². The fourth-order valence-electron chi connectivity index (χ4n) is 3.71. The number of hydrogen-bond acceptors (Lipinski definition) is 4. The van der Waals surface area contributed by atoms with Crippen molar-refractivity contribution in [3.63, 3.8) is 0 Å². The van der Waals surface area contributed by atoms with Crippen molar-refractivity contribution in [3.05, 3.63) is 0 Å². The molecule has 0 aromatic rings. The molecule has 0 aromatic heterocycles. The maximum atomic E-state index is 12.2. The van der Waals surface area contributed by atoms with Gasteiger partial charge < -0.3 is 19.3 Å². The number of likely N-dealkylation sites (tertiary alicyclic amines) is 2. The molecule has 2 amide bonds. The molecule has 132 valence electrons. The van der Waals surface area contributed by atoms with E-state index < -0.39 is 5.79 Å². The van der Waals surface area contributed by atoms with Crippen LogP contribution < -0.4 is 0 Å². The summed E-state index contributed by atoms with van der Waals surface area (Å²) in [4.78, 5) is 28.1. The number of rotatable bonds is 6. The van der Waals surface area contributed by atoms with Crippen molar-refractivity contribution < 1.29 is 19.1 Å². The maximum absolute atomic E-state index is 12.2. The molecular formula is C15H24I2N2O4. The average Bonchev–Trinajstić information content (AvgIpc) is 2.53. The van der Waals surface area contributed by atoms with Crippen LogP contribution in [0.15, 0.2) is 0 Å². The molecule has 2 rings (SSSR count). The van der Waals surface area contributed by atoms with E-state index >= 15 is 0 Å². The molecule has 0 saturated carbocycles. The van der Waals surface area contributed by atoms with Gasteiger partial charge in [0.05, 0.1) is 8.86 Å². The van der Waals surface area contributed by atoms with Gasteiger partial charge in [0.15, 0.2) is 5.79 Å². The van der Waals surface area contributed by atoms with Crippen LogP contribution in [0.3, 0.4) is 0 Å². The fourth-order valence-corrected chi connectivity index (χ4v) is 4.68. The third-order valence-electron chi connectivity index (χ3n) is 4.58. The molecular weight excluding hydrogens is 526 g/mol. The normalized spacial score (nSPS) is 26.3. The van der Waals surface area contributed by atoms with Crippen LogP contribution in [0.1, 0.15) is 13.8 Å². The Morgan fingerprint density at radius 1 is 0.913 bits per heavy atom. The first-order valence-electron chi connectivity index (χ1n) is 7.97. The molecule has 2 bridgehead atoms. The van der Waals surface area contributed by atoms with Crippen LogP contribution >= 0.6 is 45.2 Å². The number of halogens is 2. The Kier molecular flexibility index (Phi) is 7.36. The number of carbonyl (C=O) groups is 2. The zero-order valence-corrected chi connectivity index (χ0v) is 17.9. The molecule has 0 spiro atoms. The lowest BCUT2D eigenvalue weighted by atomic mass is 9.77. The molecule has 2 aliphatic rings. The lowest BCUT2D eigenvalue weighted by molar-refractivity contribution is -0.322. The molecule has 2 fully saturated rings. The number of fused-ring (bicyclic) bond motifs is 2.